The molecule has 1 aliphatic rings. The Bertz CT molecular complexity index is 377. The third kappa shape index (κ3) is 3.38. The van der Waals surface area contributed by atoms with Gasteiger partial charge in [-0.1, -0.05) is 26.7 Å². The van der Waals surface area contributed by atoms with Crippen LogP contribution in [-0.4, -0.2) is 22.4 Å². The molecule has 0 aliphatic heterocycles. The molecule has 0 aromatic carbocycles. The summed E-state index contributed by atoms with van der Waals surface area (Å²) in [7, 11) is 2.00. The molecule has 0 saturated heterocycles. The van der Waals surface area contributed by atoms with E-state index in [0.29, 0.717) is 11.5 Å². The third-order valence-corrected chi connectivity index (χ3v) is 4.97. The molecule has 1 unspecified atom stereocenters. The monoisotopic (exact) mass is 263 g/mol. The highest BCUT2D eigenvalue weighted by Crippen LogP contribution is 2.45. The minimum atomic E-state index is 0.554. The molecule has 0 radical (unpaired) electrons. The van der Waals surface area contributed by atoms with Crippen LogP contribution < -0.4 is 5.32 Å². The van der Waals surface area contributed by atoms with E-state index < -0.39 is 0 Å². The number of nitrogens with one attached hydrogen (secondary N) is 1. The van der Waals surface area contributed by atoms with Gasteiger partial charge < -0.3 is 5.32 Å². The van der Waals surface area contributed by atoms with Gasteiger partial charge in [0, 0.05) is 19.3 Å². The molecule has 3 nitrogen and oxygen atoms in total. The minimum absolute atomic E-state index is 0.554. The van der Waals surface area contributed by atoms with E-state index in [1.807, 2.05) is 17.9 Å². The van der Waals surface area contributed by atoms with Gasteiger partial charge in [0.15, 0.2) is 0 Å². The molecule has 0 amide bonds. The van der Waals surface area contributed by atoms with Crippen molar-refractivity contribution >= 4 is 0 Å². The molecule has 1 aliphatic carbocycles. The van der Waals surface area contributed by atoms with Crippen molar-refractivity contribution in [2.24, 2.45) is 12.5 Å². The van der Waals surface area contributed by atoms with Crippen LogP contribution in [-0.2, 0) is 13.5 Å². The zero-order chi connectivity index (χ0) is 13.7. The molecule has 1 fully saturated rings. The van der Waals surface area contributed by atoms with E-state index >= 15 is 0 Å². The molecule has 1 N–H and O–H groups in total. The lowest BCUT2D eigenvalue weighted by Crippen LogP contribution is -2.44. The predicted molar refractivity (Wildman–Crippen MR) is 80.2 cm³/mol. The standard InChI is InChI=1S/C16H29N3/c1-4-16(10-6-7-11-16)15(17-5-2)9-8-14-12-18-19(3)13-14/h12-13,15,17H,4-11H2,1-3H3. The highest BCUT2D eigenvalue weighted by atomic mass is 15.2. The van der Waals surface area contributed by atoms with E-state index in [0.717, 1.165) is 13.0 Å². The van der Waals surface area contributed by atoms with Crippen molar-refractivity contribution in [3.8, 4) is 0 Å². The number of hydrogen-bond acceptors (Lipinski definition) is 2. The van der Waals surface area contributed by atoms with Gasteiger partial charge in [-0.3, -0.25) is 4.68 Å². The van der Waals surface area contributed by atoms with E-state index in [2.05, 4.69) is 30.5 Å². The molecule has 1 heterocycles. The van der Waals surface area contributed by atoms with E-state index in [1.165, 1.54) is 44.1 Å². The Morgan fingerprint density at radius 2 is 2.11 bits per heavy atom. The highest BCUT2D eigenvalue weighted by Gasteiger charge is 2.38. The van der Waals surface area contributed by atoms with Crippen LogP contribution in [0.4, 0.5) is 0 Å². The molecule has 1 atom stereocenters. The predicted octanol–water partition coefficient (Wildman–Crippen LogP) is 3.30. The number of aryl methyl sites for hydroxylation is 2. The second-order valence-corrected chi connectivity index (χ2v) is 6.09. The van der Waals surface area contributed by atoms with Crippen LogP contribution in [0.2, 0.25) is 0 Å². The summed E-state index contributed by atoms with van der Waals surface area (Å²) in [6, 6.07) is 0.671. The van der Waals surface area contributed by atoms with Crippen LogP contribution in [0.15, 0.2) is 12.4 Å². The van der Waals surface area contributed by atoms with Gasteiger partial charge in [-0.05, 0) is 49.6 Å². The van der Waals surface area contributed by atoms with Crippen molar-refractivity contribution < 1.29 is 0 Å². The first-order chi connectivity index (χ1) is 9.20. The topological polar surface area (TPSA) is 29.9 Å². The SMILES string of the molecule is CCNC(CCc1cnn(C)c1)C1(CC)CCCC1. The molecule has 1 aromatic rings. The lowest BCUT2D eigenvalue weighted by atomic mass is 9.74. The van der Waals surface area contributed by atoms with E-state index in [1.54, 1.807) is 0 Å². The molecular weight excluding hydrogens is 234 g/mol. The molecule has 19 heavy (non-hydrogen) atoms. The Hall–Kier alpha value is -0.830. The van der Waals surface area contributed by atoms with Crippen molar-refractivity contribution in [3.63, 3.8) is 0 Å². The molecular formula is C16H29N3. The van der Waals surface area contributed by atoms with Crippen molar-refractivity contribution in [2.75, 3.05) is 6.54 Å². The van der Waals surface area contributed by atoms with Crippen molar-refractivity contribution in [1.29, 1.82) is 0 Å². The van der Waals surface area contributed by atoms with Crippen LogP contribution >= 0.6 is 0 Å². The maximum Gasteiger partial charge on any atom is 0.0521 e. The summed E-state index contributed by atoms with van der Waals surface area (Å²) in [5.74, 6) is 0. The average molecular weight is 263 g/mol. The van der Waals surface area contributed by atoms with Gasteiger partial charge in [0.2, 0.25) is 0 Å². The summed E-state index contributed by atoms with van der Waals surface area (Å²) in [6.07, 6.45) is 13.5. The second-order valence-electron chi connectivity index (χ2n) is 6.09. The molecule has 1 aromatic heterocycles. The number of hydrogen-bond donors (Lipinski definition) is 1. The quantitative estimate of drug-likeness (QED) is 0.818. The fraction of sp³-hybridized carbons (Fsp3) is 0.812. The first kappa shape index (κ1) is 14.6. The van der Waals surface area contributed by atoms with Crippen LogP contribution in [0.25, 0.3) is 0 Å². The average Bonchev–Trinajstić information content (AvgIpc) is 3.04. The largest absolute Gasteiger partial charge is 0.314 e. The van der Waals surface area contributed by atoms with E-state index in [9.17, 15) is 0 Å². The Balaban J connectivity index is 1.99. The summed E-state index contributed by atoms with van der Waals surface area (Å²) in [5.41, 5.74) is 1.92. The van der Waals surface area contributed by atoms with Crippen LogP contribution in [0.5, 0.6) is 0 Å². The van der Waals surface area contributed by atoms with E-state index in [4.69, 9.17) is 0 Å². The Morgan fingerprint density at radius 1 is 1.37 bits per heavy atom. The number of nitrogens with zero attached hydrogens (tertiary/aromatic N) is 2. The molecule has 2 rings (SSSR count). The smallest absolute Gasteiger partial charge is 0.0521 e. The number of aromatic nitrogens is 2. The lowest BCUT2D eigenvalue weighted by Gasteiger charge is -2.37. The van der Waals surface area contributed by atoms with Crippen LogP contribution in [0.3, 0.4) is 0 Å². The first-order valence-electron chi connectivity index (χ1n) is 7.91. The van der Waals surface area contributed by atoms with Gasteiger partial charge in [0.05, 0.1) is 6.20 Å². The van der Waals surface area contributed by atoms with E-state index in [-0.39, 0.29) is 0 Å². The van der Waals surface area contributed by atoms with Crippen molar-refractivity contribution in [3.05, 3.63) is 18.0 Å². The van der Waals surface area contributed by atoms with Gasteiger partial charge in [-0.15, -0.1) is 0 Å². The maximum atomic E-state index is 4.27. The molecule has 108 valence electrons. The van der Waals surface area contributed by atoms with Gasteiger partial charge in [0.1, 0.15) is 0 Å². The zero-order valence-corrected chi connectivity index (χ0v) is 12.8. The first-order valence-corrected chi connectivity index (χ1v) is 7.91. The zero-order valence-electron chi connectivity index (χ0n) is 12.8. The summed E-state index contributed by atoms with van der Waals surface area (Å²) in [4.78, 5) is 0. The van der Waals surface area contributed by atoms with Gasteiger partial charge >= 0.3 is 0 Å². The molecule has 0 bridgehead atoms. The Labute approximate surface area is 117 Å². The summed E-state index contributed by atoms with van der Waals surface area (Å²) in [6.45, 7) is 5.69. The Morgan fingerprint density at radius 3 is 2.63 bits per heavy atom. The van der Waals surface area contributed by atoms with Crippen LogP contribution in [0, 0.1) is 5.41 Å². The number of rotatable bonds is 7. The van der Waals surface area contributed by atoms with Gasteiger partial charge in [-0.2, -0.15) is 5.10 Å². The normalized spacial score (nSPS) is 19.7. The second kappa shape index (κ2) is 6.56. The Kier molecular flexibility index (Phi) is 5.03. The molecule has 0 spiro atoms. The minimum Gasteiger partial charge on any atom is -0.314 e. The summed E-state index contributed by atoms with van der Waals surface area (Å²) in [5, 5.41) is 8.04. The van der Waals surface area contributed by atoms with Crippen molar-refractivity contribution in [1.82, 2.24) is 15.1 Å². The van der Waals surface area contributed by atoms with Gasteiger partial charge in [0.25, 0.3) is 0 Å². The summed E-state index contributed by atoms with van der Waals surface area (Å²) >= 11 is 0. The maximum absolute atomic E-state index is 4.27. The fourth-order valence-corrected chi connectivity index (χ4v) is 3.81. The highest BCUT2D eigenvalue weighted by molar-refractivity contribution is 5.05. The fourth-order valence-electron chi connectivity index (χ4n) is 3.81. The third-order valence-electron chi connectivity index (χ3n) is 4.97. The van der Waals surface area contributed by atoms with Crippen molar-refractivity contribution in [2.45, 2.75) is 64.8 Å². The summed E-state index contributed by atoms with van der Waals surface area (Å²) < 4.78 is 1.91. The molecule has 1 saturated carbocycles. The van der Waals surface area contributed by atoms with Crippen LogP contribution in [0.1, 0.15) is 57.9 Å². The molecule has 3 heteroatoms. The van der Waals surface area contributed by atoms with Gasteiger partial charge in [-0.25, -0.2) is 0 Å². The lowest BCUT2D eigenvalue weighted by molar-refractivity contribution is 0.178.